The zero-order chi connectivity index (χ0) is 32.1. The lowest BCUT2D eigenvalue weighted by Crippen LogP contribution is -2.32. The average molecular weight is 624 g/mol. The van der Waals surface area contributed by atoms with Crippen LogP contribution in [0.15, 0.2) is 176 Å². The van der Waals surface area contributed by atoms with Gasteiger partial charge in [0.2, 0.25) is 0 Å². The van der Waals surface area contributed by atoms with Crippen LogP contribution in [0.5, 0.6) is 11.5 Å². The van der Waals surface area contributed by atoms with Crippen molar-refractivity contribution >= 4 is 32.6 Å². The van der Waals surface area contributed by atoms with Crippen molar-refractivity contribution in [3.63, 3.8) is 0 Å². The second-order valence-electron chi connectivity index (χ2n) is 13.3. The Morgan fingerprint density at radius 3 is 1.82 bits per heavy atom. The maximum absolute atomic E-state index is 6.85. The molecule has 1 aliphatic carbocycles. The number of rotatable bonds is 2. The van der Waals surface area contributed by atoms with E-state index in [1.165, 1.54) is 77.1 Å². The second-order valence-corrected chi connectivity index (χ2v) is 13.3. The second kappa shape index (κ2) is 9.82. The van der Waals surface area contributed by atoms with E-state index < -0.39 is 5.41 Å². The van der Waals surface area contributed by atoms with E-state index in [-0.39, 0.29) is 0 Å². The van der Waals surface area contributed by atoms with E-state index in [1.807, 2.05) is 0 Å². The van der Waals surface area contributed by atoms with Gasteiger partial charge in [0.15, 0.2) is 0 Å². The zero-order valence-electron chi connectivity index (χ0n) is 26.6. The largest absolute Gasteiger partial charge is 0.457 e. The third kappa shape index (κ3) is 3.55. The molecule has 0 radical (unpaired) electrons. The number of nitrogens with zero attached hydrogens (tertiary/aromatic N) is 1. The van der Waals surface area contributed by atoms with E-state index in [0.29, 0.717) is 0 Å². The molecule has 1 aromatic heterocycles. The van der Waals surface area contributed by atoms with Gasteiger partial charge >= 0.3 is 0 Å². The molecule has 228 valence electrons. The molecule has 2 heteroatoms. The van der Waals surface area contributed by atoms with Crippen molar-refractivity contribution < 1.29 is 4.74 Å². The smallest absolute Gasteiger partial charge is 0.133 e. The highest BCUT2D eigenvalue weighted by atomic mass is 16.5. The molecule has 8 aromatic carbocycles. The monoisotopic (exact) mass is 623 g/mol. The molecule has 2 aliphatic rings. The van der Waals surface area contributed by atoms with Crippen LogP contribution >= 0.6 is 0 Å². The fraction of sp³-hybridized carbons (Fsp3) is 0.0213. The molecule has 0 saturated heterocycles. The number of ether oxygens (including phenoxy) is 1. The minimum absolute atomic E-state index is 0.507. The topological polar surface area (TPSA) is 14.2 Å². The third-order valence-electron chi connectivity index (χ3n) is 10.8. The SMILES string of the molecule is c1ccc2c(c1)Oc1cc3c4ccccc4n(-c4ccc(-c5ccc6ccccc6c5)cc4)c3cc1C21c2ccccc2-c2ccccc21. The first-order chi connectivity index (χ1) is 24.3. The maximum Gasteiger partial charge on any atom is 0.133 e. The molecule has 1 spiro atoms. The van der Waals surface area contributed by atoms with E-state index >= 15 is 0 Å². The summed E-state index contributed by atoms with van der Waals surface area (Å²) in [5, 5.41) is 4.90. The molecule has 2 heterocycles. The van der Waals surface area contributed by atoms with Gasteiger partial charge in [-0.15, -0.1) is 0 Å². The number of fused-ring (bicyclic) bond motifs is 13. The van der Waals surface area contributed by atoms with Gasteiger partial charge in [0.25, 0.3) is 0 Å². The van der Waals surface area contributed by atoms with Crippen molar-refractivity contribution in [1.82, 2.24) is 4.57 Å². The normalized spacial score (nSPS) is 13.6. The molecule has 11 rings (SSSR count). The molecule has 0 saturated carbocycles. The van der Waals surface area contributed by atoms with Crippen molar-refractivity contribution in [2.45, 2.75) is 5.41 Å². The number of aromatic nitrogens is 1. The van der Waals surface area contributed by atoms with Gasteiger partial charge in [0.05, 0.1) is 16.4 Å². The predicted molar refractivity (Wildman–Crippen MR) is 201 cm³/mol. The molecule has 0 unspecified atom stereocenters. The Morgan fingerprint density at radius 1 is 0.388 bits per heavy atom. The average Bonchev–Trinajstić information content (AvgIpc) is 3.65. The van der Waals surface area contributed by atoms with Crippen LogP contribution in [0.3, 0.4) is 0 Å². The van der Waals surface area contributed by atoms with Crippen molar-refractivity contribution in [2.75, 3.05) is 0 Å². The molecule has 0 amide bonds. The number of benzene rings is 8. The van der Waals surface area contributed by atoms with Crippen LogP contribution in [0, 0.1) is 0 Å². The summed E-state index contributed by atoms with van der Waals surface area (Å²) < 4.78 is 9.28. The first-order valence-corrected chi connectivity index (χ1v) is 16.9. The lowest BCUT2D eigenvalue weighted by molar-refractivity contribution is 0.437. The number of hydrogen-bond donors (Lipinski definition) is 0. The minimum atomic E-state index is -0.507. The molecule has 2 nitrogen and oxygen atoms in total. The third-order valence-corrected chi connectivity index (χ3v) is 10.8. The fourth-order valence-electron chi connectivity index (χ4n) is 8.77. The van der Waals surface area contributed by atoms with E-state index in [2.05, 4.69) is 180 Å². The first kappa shape index (κ1) is 26.7. The molecule has 49 heavy (non-hydrogen) atoms. The summed E-state index contributed by atoms with van der Waals surface area (Å²) in [6.45, 7) is 0. The van der Waals surface area contributed by atoms with Gasteiger partial charge in [-0.25, -0.2) is 0 Å². The van der Waals surface area contributed by atoms with Crippen molar-refractivity contribution in [2.24, 2.45) is 0 Å². The lowest BCUT2D eigenvalue weighted by Gasteiger charge is -2.39. The van der Waals surface area contributed by atoms with Crippen LogP contribution in [-0.2, 0) is 5.41 Å². The molecule has 0 atom stereocenters. The maximum atomic E-state index is 6.85. The summed E-state index contributed by atoms with van der Waals surface area (Å²) in [6, 6.07) is 64.2. The van der Waals surface area contributed by atoms with Crippen LogP contribution in [0.25, 0.3) is 60.5 Å². The Balaban J connectivity index is 1.18. The van der Waals surface area contributed by atoms with E-state index in [9.17, 15) is 0 Å². The molecular weight excluding hydrogens is 595 g/mol. The summed E-state index contributed by atoms with van der Waals surface area (Å²) in [5.74, 6) is 1.82. The Hall–Kier alpha value is -6.38. The summed E-state index contributed by atoms with van der Waals surface area (Å²) in [5.41, 5.74) is 12.9. The summed E-state index contributed by atoms with van der Waals surface area (Å²) in [6.07, 6.45) is 0. The highest BCUT2D eigenvalue weighted by Crippen LogP contribution is 2.62. The first-order valence-electron chi connectivity index (χ1n) is 16.9. The predicted octanol–water partition coefficient (Wildman–Crippen LogP) is 12.1. The fourth-order valence-corrected chi connectivity index (χ4v) is 8.77. The summed E-state index contributed by atoms with van der Waals surface area (Å²) in [7, 11) is 0. The Morgan fingerprint density at radius 2 is 1.02 bits per heavy atom. The van der Waals surface area contributed by atoms with Gasteiger partial charge in [-0.2, -0.15) is 0 Å². The van der Waals surface area contributed by atoms with Gasteiger partial charge in [-0.3, -0.25) is 0 Å². The van der Waals surface area contributed by atoms with Gasteiger partial charge in [-0.1, -0.05) is 133 Å². The summed E-state index contributed by atoms with van der Waals surface area (Å²) >= 11 is 0. The van der Waals surface area contributed by atoms with Crippen molar-refractivity contribution in [3.05, 3.63) is 198 Å². The van der Waals surface area contributed by atoms with Crippen LogP contribution < -0.4 is 4.74 Å². The molecule has 0 bridgehead atoms. The molecular formula is C47H29NO. The lowest BCUT2D eigenvalue weighted by atomic mass is 9.66. The van der Waals surface area contributed by atoms with Gasteiger partial charge in [0.1, 0.15) is 11.5 Å². The zero-order valence-corrected chi connectivity index (χ0v) is 26.6. The van der Waals surface area contributed by atoms with Gasteiger partial charge in [0, 0.05) is 27.6 Å². The van der Waals surface area contributed by atoms with Crippen molar-refractivity contribution in [1.29, 1.82) is 0 Å². The van der Waals surface area contributed by atoms with E-state index in [1.54, 1.807) is 0 Å². The number of hydrogen-bond acceptors (Lipinski definition) is 1. The highest BCUT2D eigenvalue weighted by Gasteiger charge is 2.51. The van der Waals surface area contributed by atoms with Gasteiger partial charge < -0.3 is 9.30 Å². The van der Waals surface area contributed by atoms with Gasteiger partial charge in [-0.05, 0) is 86.6 Å². The molecule has 9 aromatic rings. The standard InChI is InChI=1S/C47H29NO/c1-2-12-32-27-33(22-21-30(32)11-1)31-23-25-34(26-24-31)48-43-19-9-5-15-37(43)38-28-46-42(29-44(38)48)47(41-18-8-10-20-45(41)49-46)39-16-6-3-13-35(39)36-14-4-7-17-40(36)47/h1-29H. The van der Waals surface area contributed by atoms with Crippen LogP contribution in [0.2, 0.25) is 0 Å². The molecule has 1 aliphatic heterocycles. The molecule has 0 fully saturated rings. The summed E-state index contributed by atoms with van der Waals surface area (Å²) in [4.78, 5) is 0. The highest BCUT2D eigenvalue weighted by molar-refractivity contribution is 6.10. The quantitative estimate of drug-likeness (QED) is 0.187. The Kier molecular flexibility index (Phi) is 5.34. The van der Waals surface area contributed by atoms with Crippen LogP contribution in [-0.4, -0.2) is 4.57 Å². The Bertz CT molecular complexity index is 2760. The number of para-hydroxylation sites is 2. The van der Waals surface area contributed by atoms with Crippen molar-refractivity contribution in [3.8, 4) is 39.4 Å². The Labute approximate surface area is 284 Å². The molecule has 0 N–H and O–H groups in total. The van der Waals surface area contributed by atoms with E-state index in [4.69, 9.17) is 4.74 Å². The minimum Gasteiger partial charge on any atom is -0.457 e. The van der Waals surface area contributed by atoms with Crippen LogP contribution in [0.4, 0.5) is 0 Å². The van der Waals surface area contributed by atoms with E-state index in [0.717, 1.165) is 17.2 Å². The van der Waals surface area contributed by atoms with Crippen LogP contribution in [0.1, 0.15) is 22.3 Å².